The fraction of sp³-hybridized carbons (Fsp3) is 0.182. The summed E-state index contributed by atoms with van der Waals surface area (Å²) in [6, 6.07) is 13.8. The molecule has 158 valence electrons. The van der Waals surface area contributed by atoms with Crippen LogP contribution in [0.1, 0.15) is 21.6 Å². The number of fused-ring (bicyclic) bond motifs is 1. The zero-order chi connectivity index (χ0) is 21.8. The van der Waals surface area contributed by atoms with Crippen molar-refractivity contribution in [3.05, 3.63) is 70.7 Å². The number of nitrogens with one attached hydrogen (secondary N) is 2. The molecule has 9 heteroatoms. The van der Waals surface area contributed by atoms with Crippen LogP contribution >= 0.6 is 11.3 Å². The van der Waals surface area contributed by atoms with Crippen LogP contribution in [0.25, 0.3) is 0 Å². The molecule has 1 aliphatic heterocycles. The number of thiazole rings is 1. The minimum absolute atomic E-state index is 0.214. The molecule has 1 aromatic heterocycles. The van der Waals surface area contributed by atoms with Crippen molar-refractivity contribution in [2.24, 2.45) is 0 Å². The second-order valence-corrected chi connectivity index (χ2v) is 7.76. The van der Waals surface area contributed by atoms with E-state index in [1.54, 1.807) is 23.6 Å². The van der Waals surface area contributed by atoms with Crippen LogP contribution in [0.2, 0.25) is 0 Å². The summed E-state index contributed by atoms with van der Waals surface area (Å²) in [6.07, 6.45) is -0.150. The molecule has 8 nitrogen and oxygen atoms in total. The maximum absolute atomic E-state index is 12.5. The Morgan fingerprint density at radius 2 is 2.00 bits per heavy atom. The molecule has 2 amide bonds. The van der Waals surface area contributed by atoms with E-state index in [1.807, 2.05) is 31.2 Å². The second kappa shape index (κ2) is 8.97. The highest BCUT2D eigenvalue weighted by atomic mass is 32.1. The Morgan fingerprint density at radius 3 is 2.77 bits per heavy atom. The number of hydrogen-bond acceptors (Lipinski definition) is 7. The maximum Gasteiger partial charge on any atom is 0.338 e. The summed E-state index contributed by atoms with van der Waals surface area (Å²) in [5.41, 5.74) is 2.42. The lowest BCUT2D eigenvalue weighted by Gasteiger charge is -2.12. The van der Waals surface area contributed by atoms with Crippen molar-refractivity contribution >= 4 is 39.9 Å². The minimum Gasteiger partial charge on any atom is -0.480 e. The van der Waals surface area contributed by atoms with Gasteiger partial charge in [-0.05, 0) is 36.8 Å². The number of benzene rings is 2. The smallest absolute Gasteiger partial charge is 0.338 e. The second-order valence-electron chi connectivity index (χ2n) is 6.91. The van der Waals surface area contributed by atoms with Crippen LogP contribution in [0.5, 0.6) is 5.75 Å². The van der Waals surface area contributed by atoms with E-state index in [0.717, 1.165) is 11.3 Å². The standard InChI is InChI=1S/C22H19N3O5S/c1-13-12-31-22(23-13)25-19(26)11-29-21(28)15-6-4-7-16(9-15)24-20(27)18-10-14-5-2-3-8-17(14)30-18/h2-9,12,18H,10-11H2,1H3,(H,24,27)(H,23,25,26). The molecule has 0 saturated carbocycles. The van der Waals surface area contributed by atoms with Gasteiger partial charge in [-0.1, -0.05) is 24.3 Å². The van der Waals surface area contributed by atoms with E-state index in [1.165, 1.54) is 17.4 Å². The van der Waals surface area contributed by atoms with Crippen molar-refractivity contribution in [2.45, 2.75) is 19.4 Å². The highest BCUT2D eigenvalue weighted by Crippen LogP contribution is 2.28. The fourth-order valence-corrected chi connectivity index (χ4v) is 3.76. The number of para-hydroxylation sites is 1. The molecule has 2 aromatic carbocycles. The summed E-state index contributed by atoms with van der Waals surface area (Å²) in [5, 5.41) is 7.57. The van der Waals surface area contributed by atoms with Gasteiger partial charge in [-0.15, -0.1) is 11.3 Å². The molecule has 2 heterocycles. The molecular formula is C22H19N3O5S. The normalized spacial score (nSPS) is 14.3. The van der Waals surface area contributed by atoms with Crippen LogP contribution in [0, 0.1) is 6.92 Å². The van der Waals surface area contributed by atoms with E-state index in [-0.39, 0.29) is 11.5 Å². The van der Waals surface area contributed by atoms with Crippen molar-refractivity contribution in [3.63, 3.8) is 0 Å². The van der Waals surface area contributed by atoms with Gasteiger partial charge in [-0.25, -0.2) is 9.78 Å². The lowest BCUT2D eigenvalue weighted by molar-refractivity contribution is -0.122. The predicted octanol–water partition coefficient (Wildman–Crippen LogP) is 3.19. The number of anilines is 2. The third-order valence-electron chi connectivity index (χ3n) is 4.51. The van der Waals surface area contributed by atoms with Gasteiger partial charge in [0.15, 0.2) is 17.8 Å². The highest BCUT2D eigenvalue weighted by molar-refractivity contribution is 7.13. The molecule has 0 saturated heterocycles. The van der Waals surface area contributed by atoms with E-state index in [0.29, 0.717) is 23.0 Å². The molecule has 0 bridgehead atoms. The number of carbonyl (C=O) groups excluding carboxylic acids is 3. The van der Waals surface area contributed by atoms with Crippen molar-refractivity contribution in [2.75, 3.05) is 17.2 Å². The summed E-state index contributed by atoms with van der Waals surface area (Å²) in [4.78, 5) is 40.9. The first kappa shape index (κ1) is 20.5. The minimum atomic E-state index is -0.675. The van der Waals surface area contributed by atoms with Gasteiger partial charge in [0.25, 0.3) is 11.8 Å². The number of amides is 2. The molecule has 2 N–H and O–H groups in total. The van der Waals surface area contributed by atoms with Crippen LogP contribution in [0.15, 0.2) is 53.9 Å². The zero-order valence-electron chi connectivity index (χ0n) is 16.6. The summed E-state index contributed by atoms with van der Waals surface area (Å²) in [7, 11) is 0. The topological polar surface area (TPSA) is 107 Å². The highest BCUT2D eigenvalue weighted by Gasteiger charge is 2.28. The number of carbonyl (C=O) groups is 3. The predicted molar refractivity (Wildman–Crippen MR) is 115 cm³/mol. The number of nitrogens with zero attached hydrogens (tertiary/aromatic N) is 1. The molecule has 1 unspecified atom stereocenters. The lowest BCUT2D eigenvalue weighted by Crippen LogP contribution is -2.31. The maximum atomic E-state index is 12.5. The Labute approximate surface area is 182 Å². The first-order valence-electron chi connectivity index (χ1n) is 9.52. The summed E-state index contributed by atoms with van der Waals surface area (Å²) >= 11 is 1.29. The average Bonchev–Trinajstić information content (AvgIpc) is 3.38. The number of ether oxygens (including phenoxy) is 2. The average molecular weight is 437 g/mol. The summed E-state index contributed by atoms with van der Waals surface area (Å²) < 4.78 is 10.7. The van der Waals surface area contributed by atoms with Crippen molar-refractivity contribution in [1.29, 1.82) is 0 Å². The van der Waals surface area contributed by atoms with E-state index >= 15 is 0 Å². The Morgan fingerprint density at radius 1 is 1.16 bits per heavy atom. The van der Waals surface area contributed by atoms with Crippen molar-refractivity contribution in [3.8, 4) is 5.75 Å². The Hall–Kier alpha value is -3.72. The third kappa shape index (κ3) is 5.07. The molecule has 4 rings (SSSR count). The Bertz CT molecular complexity index is 1120. The zero-order valence-corrected chi connectivity index (χ0v) is 17.4. The van der Waals surface area contributed by atoms with Gasteiger partial charge in [0.2, 0.25) is 0 Å². The molecule has 3 aromatic rings. The Kier molecular flexibility index (Phi) is 5.94. The molecule has 0 aliphatic carbocycles. The van der Waals surface area contributed by atoms with Crippen LogP contribution < -0.4 is 15.4 Å². The van der Waals surface area contributed by atoms with Crippen LogP contribution in [-0.4, -0.2) is 35.5 Å². The van der Waals surface area contributed by atoms with E-state index in [9.17, 15) is 14.4 Å². The first-order valence-corrected chi connectivity index (χ1v) is 10.4. The van der Waals surface area contributed by atoms with Gasteiger partial charge in [0, 0.05) is 17.5 Å². The van der Waals surface area contributed by atoms with Gasteiger partial charge in [0.05, 0.1) is 11.3 Å². The first-order chi connectivity index (χ1) is 15.0. The SMILES string of the molecule is Cc1csc(NC(=O)COC(=O)c2cccc(NC(=O)C3Cc4ccccc4O3)c2)n1. The molecule has 0 radical (unpaired) electrons. The fourth-order valence-electron chi connectivity index (χ4n) is 3.06. The third-order valence-corrected chi connectivity index (χ3v) is 5.38. The largest absolute Gasteiger partial charge is 0.480 e. The van der Waals surface area contributed by atoms with Crippen molar-refractivity contribution < 1.29 is 23.9 Å². The van der Waals surface area contributed by atoms with Gasteiger partial charge < -0.3 is 14.8 Å². The number of esters is 1. The molecular weight excluding hydrogens is 418 g/mol. The van der Waals surface area contributed by atoms with Gasteiger partial charge in [-0.3, -0.25) is 14.9 Å². The van der Waals surface area contributed by atoms with Crippen LogP contribution in [-0.2, 0) is 20.7 Å². The van der Waals surface area contributed by atoms with E-state index in [4.69, 9.17) is 9.47 Å². The number of aryl methyl sites for hydroxylation is 1. The van der Waals surface area contributed by atoms with Crippen LogP contribution in [0.4, 0.5) is 10.8 Å². The number of aromatic nitrogens is 1. The monoisotopic (exact) mass is 437 g/mol. The molecule has 0 spiro atoms. The molecule has 0 fully saturated rings. The van der Waals surface area contributed by atoms with Crippen LogP contribution in [0.3, 0.4) is 0 Å². The Balaban J connectivity index is 1.31. The lowest BCUT2D eigenvalue weighted by atomic mass is 10.1. The van der Waals surface area contributed by atoms with Gasteiger partial charge in [-0.2, -0.15) is 0 Å². The summed E-state index contributed by atoms with van der Waals surface area (Å²) in [5.74, 6) is -0.762. The number of rotatable bonds is 6. The molecule has 1 aliphatic rings. The van der Waals surface area contributed by atoms with Gasteiger partial charge in [0.1, 0.15) is 5.75 Å². The van der Waals surface area contributed by atoms with Crippen molar-refractivity contribution in [1.82, 2.24) is 4.98 Å². The van der Waals surface area contributed by atoms with E-state index < -0.39 is 24.6 Å². The van der Waals surface area contributed by atoms with E-state index in [2.05, 4.69) is 15.6 Å². The quantitative estimate of drug-likeness (QED) is 0.574. The number of hydrogen-bond donors (Lipinski definition) is 2. The summed E-state index contributed by atoms with van der Waals surface area (Å²) in [6.45, 7) is 1.37. The molecule has 31 heavy (non-hydrogen) atoms. The molecule has 1 atom stereocenters. The van der Waals surface area contributed by atoms with Gasteiger partial charge >= 0.3 is 5.97 Å².